The zero-order valence-electron chi connectivity index (χ0n) is 12.8. The molecular formula is C18H23NO2. The SMILES string of the molecule is CC(C)Oc1ccc(C(C)Nc2ccc(CO)cc2)cc1. The molecule has 0 spiro atoms. The monoisotopic (exact) mass is 285 g/mol. The van der Waals surface area contributed by atoms with Crippen LogP contribution in [0.5, 0.6) is 5.75 Å². The number of ether oxygens (including phenoxy) is 1. The van der Waals surface area contributed by atoms with Gasteiger partial charge in [-0.3, -0.25) is 0 Å². The first-order valence-corrected chi connectivity index (χ1v) is 7.31. The highest BCUT2D eigenvalue weighted by Gasteiger charge is 2.06. The fourth-order valence-corrected chi connectivity index (χ4v) is 2.15. The third-order valence-corrected chi connectivity index (χ3v) is 3.27. The van der Waals surface area contributed by atoms with Crippen LogP contribution in [0, 0.1) is 0 Å². The summed E-state index contributed by atoms with van der Waals surface area (Å²) in [6, 6.07) is 16.2. The van der Waals surface area contributed by atoms with Crippen molar-refractivity contribution in [2.24, 2.45) is 0 Å². The van der Waals surface area contributed by atoms with Gasteiger partial charge in [-0.1, -0.05) is 24.3 Å². The smallest absolute Gasteiger partial charge is 0.119 e. The number of aliphatic hydroxyl groups is 1. The van der Waals surface area contributed by atoms with Gasteiger partial charge in [-0.15, -0.1) is 0 Å². The van der Waals surface area contributed by atoms with Gasteiger partial charge in [-0.05, 0) is 56.2 Å². The van der Waals surface area contributed by atoms with E-state index < -0.39 is 0 Å². The van der Waals surface area contributed by atoms with Gasteiger partial charge in [0.2, 0.25) is 0 Å². The lowest BCUT2D eigenvalue weighted by Gasteiger charge is -2.17. The van der Waals surface area contributed by atoms with Crippen molar-refractivity contribution in [2.45, 2.75) is 39.5 Å². The van der Waals surface area contributed by atoms with Gasteiger partial charge in [0.1, 0.15) is 5.75 Å². The van der Waals surface area contributed by atoms with Gasteiger partial charge in [0.15, 0.2) is 0 Å². The molecule has 0 fully saturated rings. The second-order valence-corrected chi connectivity index (χ2v) is 5.46. The van der Waals surface area contributed by atoms with E-state index in [0.717, 1.165) is 17.0 Å². The van der Waals surface area contributed by atoms with Crippen LogP contribution in [-0.2, 0) is 6.61 Å². The fourth-order valence-electron chi connectivity index (χ4n) is 2.15. The zero-order chi connectivity index (χ0) is 15.2. The summed E-state index contributed by atoms with van der Waals surface area (Å²) in [5.41, 5.74) is 3.17. The van der Waals surface area contributed by atoms with Gasteiger partial charge in [0.25, 0.3) is 0 Å². The van der Waals surface area contributed by atoms with E-state index in [9.17, 15) is 0 Å². The second-order valence-electron chi connectivity index (χ2n) is 5.46. The van der Waals surface area contributed by atoms with Crippen molar-refractivity contribution in [3.8, 4) is 5.75 Å². The van der Waals surface area contributed by atoms with Gasteiger partial charge in [0.05, 0.1) is 12.7 Å². The summed E-state index contributed by atoms with van der Waals surface area (Å²) >= 11 is 0. The van der Waals surface area contributed by atoms with Gasteiger partial charge in [-0.25, -0.2) is 0 Å². The van der Waals surface area contributed by atoms with Crippen molar-refractivity contribution in [3.63, 3.8) is 0 Å². The molecule has 3 heteroatoms. The van der Waals surface area contributed by atoms with E-state index in [-0.39, 0.29) is 18.8 Å². The highest BCUT2D eigenvalue weighted by atomic mass is 16.5. The van der Waals surface area contributed by atoms with Crippen molar-refractivity contribution >= 4 is 5.69 Å². The summed E-state index contributed by atoms with van der Waals surface area (Å²) in [6.07, 6.45) is 0.191. The number of hydrogen-bond acceptors (Lipinski definition) is 3. The number of aliphatic hydroxyl groups excluding tert-OH is 1. The van der Waals surface area contributed by atoms with Crippen molar-refractivity contribution < 1.29 is 9.84 Å². The van der Waals surface area contributed by atoms with Crippen LogP contribution >= 0.6 is 0 Å². The molecule has 3 nitrogen and oxygen atoms in total. The number of benzene rings is 2. The Kier molecular flexibility index (Phi) is 5.23. The van der Waals surface area contributed by atoms with E-state index in [2.05, 4.69) is 24.4 Å². The Morgan fingerprint density at radius 1 is 0.952 bits per heavy atom. The molecule has 0 aromatic heterocycles. The third-order valence-electron chi connectivity index (χ3n) is 3.27. The topological polar surface area (TPSA) is 41.5 Å². The van der Waals surface area contributed by atoms with Crippen LogP contribution in [0.1, 0.15) is 37.9 Å². The van der Waals surface area contributed by atoms with Gasteiger partial charge < -0.3 is 15.2 Å². The average molecular weight is 285 g/mol. The summed E-state index contributed by atoms with van der Waals surface area (Å²) in [5.74, 6) is 0.897. The van der Waals surface area contributed by atoms with Gasteiger partial charge in [0, 0.05) is 11.7 Å². The second kappa shape index (κ2) is 7.14. The van der Waals surface area contributed by atoms with Gasteiger partial charge in [-0.2, -0.15) is 0 Å². The summed E-state index contributed by atoms with van der Waals surface area (Å²) in [6.45, 7) is 6.24. The molecule has 2 rings (SSSR count). The molecular weight excluding hydrogens is 262 g/mol. The van der Waals surface area contributed by atoms with Gasteiger partial charge >= 0.3 is 0 Å². The fraction of sp³-hybridized carbons (Fsp3) is 0.333. The Balaban J connectivity index is 2.00. The van der Waals surface area contributed by atoms with E-state index in [1.54, 1.807) is 0 Å². The predicted molar refractivity (Wildman–Crippen MR) is 86.6 cm³/mol. The zero-order valence-corrected chi connectivity index (χ0v) is 12.8. The molecule has 1 atom stereocenters. The number of nitrogens with one attached hydrogen (secondary N) is 1. The highest BCUT2D eigenvalue weighted by Crippen LogP contribution is 2.22. The Bertz CT molecular complexity index is 546. The molecule has 0 bridgehead atoms. The molecule has 0 amide bonds. The first kappa shape index (κ1) is 15.4. The molecule has 21 heavy (non-hydrogen) atoms. The Hall–Kier alpha value is -2.00. The molecule has 1 unspecified atom stereocenters. The largest absolute Gasteiger partial charge is 0.491 e. The molecule has 2 aromatic carbocycles. The highest BCUT2D eigenvalue weighted by molar-refractivity contribution is 5.47. The lowest BCUT2D eigenvalue weighted by Crippen LogP contribution is -2.08. The Morgan fingerprint density at radius 2 is 1.57 bits per heavy atom. The molecule has 0 aliphatic rings. The van der Waals surface area contributed by atoms with Crippen molar-refractivity contribution in [2.75, 3.05) is 5.32 Å². The maximum atomic E-state index is 9.04. The molecule has 0 saturated carbocycles. The molecule has 2 N–H and O–H groups in total. The van der Waals surface area contributed by atoms with Crippen molar-refractivity contribution in [1.82, 2.24) is 0 Å². The van der Waals surface area contributed by atoms with Crippen LogP contribution in [0.3, 0.4) is 0 Å². The Labute approximate surface area is 126 Å². The first-order valence-electron chi connectivity index (χ1n) is 7.31. The maximum absolute atomic E-state index is 9.04. The lowest BCUT2D eigenvalue weighted by atomic mass is 10.1. The van der Waals surface area contributed by atoms with E-state index in [1.165, 1.54) is 5.56 Å². The minimum absolute atomic E-state index is 0.0765. The summed E-state index contributed by atoms with van der Waals surface area (Å²) in [4.78, 5) is 0. The van der Waals surface area contributed by atoms with Crippen LogP contribution in [0.4, 0.5) is 5.69 Å². The number of hydrogen-bond donors (Lipinski definition) is 2. The summed E-state index contributed by atoms with van der Waals surface area (Å²) < 4.78 is 5.65. The minimum Gasteiger partial charge on any atom is -0.491 e. The molecule has 2 aromatic rings. The standard InChI is InChI=1S/C18H23NO2/c1-13(2)21-18-10-6-16(7-11-18)14(3)19-17-8-4-15(12-20)5-9-17/h4-11,13-14,19-20H,12H2,1-3H3. The Morgan fingerprint density at radius 3 is 2.10 bits per heavy atom. The van der Waals surface area contributed by atoms with Crippen molar-refractivity contribution in [3.05, 3.63) is 59.7 Å². The molecule has 0 radical (unpaired) electrons. The van der Waals surface area contributed by atoms with Crippen molar-refractivity contribution in [1.29, 1.82) is 0 Å². The summed E-state index contributed by atoms with van der Waals surface area (Å²) in [5, 5.41) is 12.5. The van der Waals surface area contributed by atoms with Crippen LogP contribution in [0.15, 0.2) is 48.5 Å². The van der Waals surface area contributed by atoms with Crippen LogP contribution in [0.2, 0.25) is 0 Å². The van der Waals surface area contributed by atoms with E-state index >= 15 is 0 Å². The molecule has 0 heterocycles. The van der Waals surface area contributed by atoms with E-state index in [1.807, 2.05) is 50.2 Å². The molecule has 0 aliphatic heterocycles. The molecule has 112 valence electrons. The lowest BCUT2D eigenvalue weighted by molar-refractivity contribution is 0.242. The number of anilines is 1. The van der Waals surface area contributed by atoms with Crippen LogP contribution in [0.25, 0.3) is 0 Å². The quantitative estimate of drug-likeness (QED) is 0.838. The molecule has 0 saturated heterocycles. The first-order chi connectivity index (χ1) is 10.1. The molecule has 0 aliphatic carbocycles. The van der Waals surface area contributed by atoms with E-state index in [4.69, 9.17) is 9.84 Å². The van der Waals surface area contributed by atoms with Crippen LogP contribution in [-0.4, -0.2) is 11.2 Å². The third kappa shape index (κ3) is 4.50. The summed E-state index contributed by atoms with van der Waals surface area (Å²) in [7, 11) is 0. The number of rotatable bonds is 6. The maximum Gasteiger partial charge on any atom is 0.119 e. The van der Waals surface area contributed by atoms with E-state index in [0.29, 0.717) is 0 Å². The van der Waals surface area contributed by atoms with Crippen LogP contribution < -0.4 is 10.1 Å². The average Bonchev–Trinajstić information content (AvgIpc) is 2.48. The normalized spacial score (nSPS) is 12.2. The minimum atomic E-state index is 0.0765. The predicted octanol–water partition coefficient (Wildman–Crippen LogP) is 4.14.